The van der Waals surface area contributed by atoms with Crippen LogP contribution in [-0.2, 0) is 13.0 Å². The molecule has 1 amide bonds. The molecular formula is C12H19N3O. The average molecular weight is 221 g/mol. The van der Waals surface area contributed by atoms with E-state index in [0.29, 0.717) is 11.6 Å². The molecule has 1 aromatic heterocycles. The topological polar surface area (TPSA) is 46.9 Å². The van der Waals surface area contributed by atoms with E-state index in [1.807, 2.05) is 0 Å². The Morgan fingerprint density at radius 1 is 1.44 bits per heavy atom. The number of imidazole rings is 1. The smallest absolute Gasteiger partial charge is 0.271 e. The van der Waals surface area contributed by atoms with E-state index >= 15 is 0 Å². The summed E-state index contributed by atoms with van der Waals surface area (Å²) in [5.74, 6) is 1.36. The molecule has 0 spiro atoms. The van der Waals surface area contributed by atoms with Crippen LogP contribution < -0.4 is 5.32 Å². The summed E-state index contributed by atoms with van der Waals surface area (Å²) in [7, 11) is 1.66. The first-order chi connectivity index (χ1) is 7.65. The molecule has 0 bridgehead atoms. The summed E-state index contributed by atoms with van der Waals surface area (Å²) >= 11 is 0. The molecule has 4 nitrogen and oxygen atoms in total. The summed E-state index contributed by atoms with van der Waals surface area (Å²) in [6.45, 7) is 5.25. The number of hydrogen-bond acceptors (Lipinski definition) is 2. The van der Waals surface area contributed by atoms with Gasteiger partial charge < -0.3 is 9.88 Å². The van der Waals surface area contributed by atoms with E-state index < -0.39 is 0 Å². The lowest BCUT2D eigenvalue weighted by Gasteiger charge is -2.18. The van der Waals surface area contributed by atoms with Crippen molar-refractivity contribution >= 4 is 5.91 Å². The highest BCUT2D eigenvalue weighted by molar-refractivity contribution is 5.93. The van der Waals surface area contributed by atoms with E-state index in [1.54, 1.807) is 7.05 Å². The van der Waals surface area contributed by atoms with E-state index in [9.17, 15) is 4.79 Å². The molecule has 16 heavy (non-hydrogen) atoms. The van der Waals surface area contributed by atoms with E-state index in [-0.39, 0.29) is 5.91 Å². The quantitative estimate of drug-likeness (QED) is 0.826. The second-order valence-electron chi connectivity index (χ2n) is 4.61. The third-order valence-electron chi connectivity index (χ3n) is 3.11. The first-order valence-corrected chi connectivity index (χ1v) is 5.96. The molecule has 1 aliphatic heterocycles. The Balaban J connectivity index is 2.50. The number of nitrogens with zero attached hydrogens (tertiary/aromatic N) is 2. The lowest BCUT2D eigenvalue weighted by atomic mass is 10.1. The van der Waals surface area contributed by atoms with Gasteiger partial charge in [-0.3, -0.25) is 4.79 Å². The first kappa shape index (κ1) is 11.2. The Labute approximate surface area is 96.1 Å². The van der Waals surface area contributed by atoms with Gasteiger partial charge in [-0.15, -0.1) is 0 Å². The van der Waals surface area contributed by atoms with Crippen LogP contribution in [0.3, 0.4) is 0 Å². The third kappa shape index (κ3) is 1.72. The van der Waals surface area contributed by atoms with E-state index in [2.05, 4.69) is 28.7 Å². The van der Waals surface area contributed by atoms with Crippen LogP contribution in [-0.4, -0.2) is 22.5 Å². The molecule has 2 heterocycles. The Morgan fingerprint density at radius 2 is 2.19 bits per heavy atom. The molecule has 1 N–H and O–H groups in total. The molecule has 4 heteroatoms. The number of nitrogens with one attached hydrogen (secondary N) is 1. The molecule has 2 rings (SSSR count). The predicted molar refractivity (Wildman–Crippen MR) is 62.6 cm³/mol. The van der Waals surface area contributed by atoms with Crippen molar-refractivity contribution in [3.8, 4) is 0 Å². The van der Waals surface area contributed by atoms with Gasteiger partial charge in [0.05, 0.1) is 5.69 Å². The maximum Gasteiger partial charge on any atom is 0.271 e. The molecule has 0 atom stereocenters. The fourth-order valence-electron chi connectivity index (χ4n) is 2.31. The maximum atomic E-state index is 11.7. The van der Waals surface area contributed by atoms with Gasteiger partial charge in [-0.05, 0) is 19.3 Å². The molecule has 0 radical (unpaired) electrons. The molecule has 0 unspecified atom stereocenters. The minimum Gasteiger partial charge on any atom is -0.354 e. The van der Waals surface area contributed by atoms with Crippen molar-refractivity contribution in [1.82, 2.24) is 14.9 Å². The Morgan fingerprint density at radius 3 is 2.81 bits per heavy atom. The fraction of sp³-hybridized carbons (Fsp3) is 0.667. The fourth-order valence-corrected chi connectivity index (χ4v) is 2.31. The largest absolute Gasteiger partial charge is 0.354 e. The molecular weight excluding hydrogens is 202 g/mol. The van der Waals surface area contributed by atoms with E-state index in [1.165, 1.54) is 6.42 Å². The van der Waals surface area contributed by atoms with Gasteiger partial charge in [0, 0.05) is 19.5 Å². The van der Waals surface area contributed by atoms with Crippen molar-refractivity contribution < 1.29 is 4.79 Å². The van der Waals surface area contributed by atoms with Crippen LogP contribution in [0.1, 0.15) is 54.6 Å². The molecule has 0 aliphatic carbocycles. The first-order valence-electron chi connectivity index (χ1n) is 5.96. The molecule has 88 valence electrons. The molecule has 1 aliphatic rings. The number of aromatic nitrogens is 2. The van der Waals surface area contributed by atoms with Crippen LogP contribution in [0.4, 0.5) is 0 Å². The minimum absolute atomic E-state index is 0.0578. The van der Waals surface area contributed by atoms with Gasteiger partial charge >= 0.3 is 0 Å². The molecule has 1 aromatic rings. The van der Waals surface area contributed by atoms with Crippen LogP contribution in [0.2, 0.25) is 0 Å². The van der Waals surface area contributed by atoms with Crippen LogP contribution >= 0.6 is 0 Å². The number of hydrogen-bond donors (Lipinski definition) is 1. The van der Waals surface area contributed by atoms with Crippen LogP contribution in [0, 0.1) is 0 Å². The number of amides is 1. The van der Waals surface area contributed by atoms with Gasteiger partial charge in [-0.1, -0.05) is 13.8 Å². The van der Waals surface area contributed by atoms with Crippen molar-refractivity contribution in [2.75, 3.05) is 7.05 Å². The van der Waals surface area contributed by atoms with Gasteiger partial charge in [-0.2, -0.15) is 0 Å². The van der Waals surface area contributed by atoms with Gasteiger partial charge in [0.1, 0.15) is 11.5 Å². The number of carbonyl (C=O) groups is 1. The van der Waals surface area contributed by atoms with Crippen molar-refractivity contribution in [3.05, 3.63) is 17.2 Å². The summed E-state index contributed by atoms with van der Waals surface area (Å²) in [5, 5.41) is 2.67. The standard InChI is InChI=1S/C12H19N3O/c1-8(2)11-14-10(12(16)13-3)9-6-4-5-7-15(9)11/h8H,4-7H2,1-3H3,(H,13,16). The maximum absolute atomic E-state index is 11.7. The minimum atomic E-state index is -0.0578. The van der Waals surface area contributed by atoms with Gasteiger partial charge in [0.25, 0.3) is 5.91 Å². The highest BCUT2D eigenvalue weighted by Gasteiger charge is 2.24. The van der Waals surface area contributed by atoms with Crippen molar-refractivity contribution in [3.63, 3.8) is 0 Å². The van der Waals surface area contributed by atoms with Crippen LogP contribution in [0.15, 0.2) is 0 Å². The monoisotopic (exact) mass is 221 g/mol. The summed E-state index contributed by atoms with van der Waals surface area (Å²) < 4.78 is 2.23. The summed E-state index contributed by atoms with van der Waals surface area (Å²) in [4.78, 5) is 16.2. The highest BCUT2D eigenvalue weighted by Crippen LogP contribution is 2.24. The average Bonchev–Trinajstić information content (AvgIpc) is 2.67. The molecule has 0 saturated carbocycles. The Hall–Kier alpha value is -1.32. The summed E-state index contributed by atoms with van der Waals surface area (Å²) in [6, 6.07) is 0. The number of fused-ring (bicyclic) bond motifs is 1. The van der Waals surface area contributed by atoms with Crippen LogP contribution in [0.5, 0.6) is 0 Å². The lowest BCUT2D eigenvalue weighted by Crippen LogP contribution is -2.21. The molecule has 0 aromatic carbocycles. The zero-order chi connectivity index (χ0) is 11.7. The molecule has 0 fully saturated rings. The highest BCUT2D eigenvalue weighted by atomic mass is 16.1. The normalized spacial score (nSPS) is 15.0. The second kappa shape index (κ2) is 4.28. The Kier molecular flexibility index (Phi) is 2.99. The summed E-state index contributed by atoms with van der Waals surface area (Å²) in [5.41, 5.74) is 1.75. The zero-order valence-corrected chi connectivity index (χ0v) is 10.2. The van der Waals surface area contributed by atoms with Crippen LogP contribution in [0.25, 0.3) is 0 Å². The SMILES string of the molecule is CNC(=O)c1nc(C(C)C)n2c1CCCC2. The second-order valence-corrected chi connectivity index (χ2v) is 4.61. The number of carbonyl (C=O) groups excluding carboxylic acids is 1. The van der Waals surface area contributed by atoms with E-state index in [0.717, 1.165) is 30.9 Å². The number of rotatable bonds is 2. The van der Waals surface area contributed by atoms with Gasteiger partial charge in [-0.25, -0.2) is 4.98 Å². The van der Waals surface area contributed by atoms with Crippen molar-refractivity contribution in [2.45, 2.75) is 45.6 Å². The predicted octanol–water partition coefficient (Wildman–Crippen LogP) is 1.70. The lowest BCUT2D eigenvalue weighted by molar-refractivity contribution is 0.0957. The zero-order valence-electron chi connectivity index (χ0n) is 10.2. The third-order valence-corrected chi connectivity index (χ3v) is 3.11. The van der Waals surface area contributed by atoms with Gasteiger partial charge in [0.15, 0.2) is 0 Å². The van der Waals surface area contributed by atoms with Gasteiger partial charge in [0.2, 0.25) is 0 Å². The Bertz CT molecular complexity index is 407. The van der Waals surface area contributed by atoms with Crippen molar-refractivity contribution in [2.24, 2.45) is 0 Å². The molecule has 0 saturated heterocycles. The van der Waals surface area contributed by atoms with Crippen molar-refractivity contribution in [1.29, 1.82) is 0 Å². The summed E-state index contributed by atoms with van der Waals surface area (Å²) in [6.07, 6.45) is 3.33. The van der Waals surface area contributed by atoms with E-state index in [4.69, 9.17) is 0 Å².